The van der Waals surface area contributed by atoms with Gasteiger partial charge in [-0.15, -0.1) is 0 Å². The lowest BCUT2D eigenvalue weighted by Gasteiger charge is -2.20. The van der Waals surface area contributed by atoms with E-state index in [4.69, 9.17) is 18.9 Å². The fraction of sp³-hybridized carbons (Fsp3) is 1.00. The van der Waals surface area contributed by atoms with Crippen LogP contribution in [0.15, 0.2) is 0 Å². The van der Waals surface area contributed by atoms with Crippen molar-refractivity contribution in [2.75, 3.05) is 13.2 Å². The van der Waals surface area contributed by atoms with E-state index >= 15 is 0 Å². The maximum Gasteiger partial charge on any atom is 0.0866 e. The minimum Gasteiger partial charge on any atom is -0.378 e. The second-order valence-electron chi connectivity index (χ2n) is 7.45. The molecule has 0 spiro atoms. The Morgan fingerprint density at radius 1 is 0.591 bits per heavy atom. The first-order valence-electron chi connectivity index (χ1n) is 9.42. The Bertz CT molecular complexity index is 327. The lowest BCUT2D eigenvalue weighted by molar-refractivity contribution is 0.0255. The molecule has 2 heterocycles. The molecule has 2 saturated carbocycles. The van der Waals surface area contributed by atoms with E-state index in [1.807, 2.05) is 0 Å². The minimum atomic E-state index is 0.465. The monoisotopic (exact) mass is 310 g/mol. The van der Waals surface area contributed by atoms with Crippen LogP contribution in [0.25, 0.3) is 0 Å². The standard InChI is InChI=1S/C18H30O4/c1(3-9-19-13-5-7-15-17(11-13)21-15)2-4-10-20-14-6-8-16-18(12-14)22-16/h13-18H,1-12H2. The summed E-state index contributed by atoms with van der Waals surface area (Å²) in [6, 6.07) is 0. The van der Waals surface area contributed by atoms with Gasteiger partial charge in [-0.25, -0.2) is 0 Å². The fourth-order valence-corrected chi connectivity index (χ4v) is 4.10. The summed E-state index contributed by atoms with van der Waals surface area (Å²) < 4.78 is 23.0. The number of rotatable bonds is 9. The average Bonchev–Trinajstić information content (AvgIpc) is 3.43. The van der Waals surface area contributed by atoms with Crippen LogP contribution in [0.2, 0.25) is 0 Å². The van der Waals surface area contributed by atoms with Crippen LogP contribution in [0.5, 0.6) is 0 Å². The van der Waals surface area contributed by atoms with Crippen molar-refractivity contribution in [2.45, 2.75) is 101 Å². The molecule has 0 amide bonds. The molecular weight excluding hydrogens is 280 g/mol. The SMILES string of the molecule is C(CCCOC1CCC2OC2C1)CCOC1CCC2OC2C1. The summed E-state index contributed by atoms with van der Waals surface area (Å²) in [5.74, 6) is 0. The maximum atomic E-state index is 5.97. The molecule has 0 bridgehead atoms. The lowest BCUT2D eigenvalue weighted by atomic mass is 9.98. The van der Waals surface area contributed by atoms with Crippen molar-refractivity contribution in [1.82, 2.24) is 0 Å². The highest BCUT2D eigenvalue weighted by molar-refractivity contribution is 4.93. The number of epoxide rings is 2. The second-order valence-corrected chi connectivity index (χ2v) is 7.45. The van der Waals surface area contributed by atoms with Gasteiger partial charge in [0.1, 0.15) is 0 Å². The first-order chi connectivity index (χ1) is 10.9. The van der Waals surface area contributed by atoms with Gasteiger partial charge >= 0.3 is 0 Å². The Morgan fingerprint density at radius 2 is 1.09 bits per heavy atom. The molecule has 0 aromatic rings. The number of ether oxygens (including phenoxy) is 4. The molecule has 0 aromatic heterocycles. The summed E-state index contributed by atoms with van der Waals surface area (Å²) in [6.07, 6.45) is 15.1. The van der Waals surface area contributed by atoms with Gasteiger partial charge in [-0.05, 0) is 38.5 Å². The first kappa shape index (κ1) is 15.4. The quantitative estimate of drug-likeness (QED) is 0.484. The van der Waals surface area contributed by atoms with E-state index < -0.39 is 0 Å². The van der Waals surface area contributed by atoms with E-state index in [-0.39, 0.29) is 0 Å². The highest BCUT2D eigenvalue weighted by Gasteiger charge is 2.44. The molecule has 2 aliphatic carbocycles. The first-order valence-corrected chi connectivity index (χ1v) is 9.42. The molecular formula is C18H30O4. The van der Waals surface area contributed by atoms with Crippen molar-refractivity contribution in [3.8, 4) is 0 Å². The Hall–Kier alpha value is -0.160. The average molecular weight is 310 g/mol. The van der Waals surface area contributed by atoms with E-state index in [9.17, 15) is 0 Å². The molecule has 6 unspecified atom stereocenters. The smallest absolute Gasteiger partial charge is 0.0866 e. The normalized spacial score (nSPS) is 42.5. The fourth-order valence-electron chi connectivity index (χ4n) is 4.10. The van der Waals surface area contributed by atoms with Crippen molar-refractivity contribution in [3.63, 3.8) is 0 Å². The van der Waals surface area contributed by atoms with Crippen LogP contribution in [0.1, 0.15) is 64.2 Å². The number of hydrogen-bond donors (Lipinski definition) is 0. The summed E-state index contributed by atoms with van der Waals surface area (Å²) in [4.78, 5) is 0. The van der Waals surface area contributed by atoms with Gasteiger partial charge in [-0.2, -0.15) is 0 Å². The zero-order valence-electron chi connectivity index (χ0n) is 13.6. The van der Waals surface area contributed by atoms with E-state index in [0.717, 1.165) is 26.1 Å². The third kappa shape index (κ3) is 4.22. The maximum absolute atomic E-state index is 5.97. The van der Waals surface area contributed by atoms with Crippen molar-refractivity contribution in [2.24, 2.45) is 0 Å². The van der Waals surface area contributed by atoms with Crippen molar-refractivity contribution in [1.29, 1.82) is 0 Å². The van der Waals surface area contributed by atoms with E-state index in [1.165, 1.54) is 51.4 Å². The Balaban J connectivity index is 0.953. The van der Waals surface area contributed by atoms with Crippen LogP contribution in [0.3, 0.4) is 0 Å². The van der Waals surface area contributed by atoms with Gasteiger partial charge in [0.2, 0.25) is 0 Å². The third-order valence-electron chi connectivity index (χ3n) is 5.66. The van der Waals surface area contributed by atoms with Gasteiger partial charge in [0.05, 0.1) is 36.6 Å². The topological polar surface area (TPSA) is 43.5 Å². The molecule has 4 rings (SSSR count). The number of unbranched alkanes of at least 4 members (excludes halogenated alkanes) is 3. The van der Waals surface area contributed by atoms with E-state index in [0.29, 0.717) is 36.6 Å². The summed E-state index contributed by atoms with van der Waals surface area (Å²) in [5, 5.41) is 0. The summed E-state index contributed by atoms with van der Waals surface area (Å²) in [7, 11) is 0. The number of fused-ring (bicyclic) bond motifs is 2. The van der Waals surface area contributed by atoms with Crippen LogP contribution in [-0.2, 0) is 18.9 Å². The minimum absolute atomic E-state index is 0.465. The molecule has 4 heteroatoms. The lowest BCUT2D eigenvalue weighted by Crippen LogP contribution is -2.22. The van der Waals surface area contributed by atoms with E-state index in [1.54, 1.807) is 0 Å². The highest BCUT2D eigenvalue weighted by atomic mass is 16.6. The zero-order chi connectivity index (χ0) is 14.8. The summed E-state index contributed by atoms with van der Waals surface area (Å²) >= 11 is 0. The number of hydrogen-bond acceptors (Lipinski definition) is 4. The molecule has 4 fully saturated rings. The largest absolute Gasteiger partial charge is 0.378 e. The van der Waals surface area contributed by atoms with Crippen molar-refractivity contribution in [3.05, 3.63) is 0 Å². The second kappa shape index (κ2) is 7.16. The van der Waals surface area contributed by atoms with Crippen molar-refractivity contribution >= 4 is 0 Å². The van der Waals surface area contributed by atoms with Gasteiger partial charge in [-0.3, -0.25) is 0 Å². The molecule has 4 nitrogen and oxygen atoms in total. The predicted molar refractivity (Wildman–Crippen MR) is 83.0 cm³/mol. The molecule has 2 saturated heterocycles. The predicted octanol–water partition coefficient (Wildman–Crippen LogP) is 3.22. The van der Waals surface area contributed by atoms with Crippen LogP contribution >= 0.6 is 0 Å². The molecule has 0 aromatic carbocycles. The van der Waals surface area contributed by atoms with Crippen LogP contribution in [-0.4, -0.2) is 49.8 Å². The molecule has 22 heavy (non-hydrogen) atoms. The van der Waals surface area contributed by atoms with Gasteiger partial charge in [0.15, 0.2) is 0 Å². The molecule has 0 radical (unpaired) electrons. The molecule has 4 aliphatic rings. The van der Waals surface area contributed by atoms with Gasteiger partial charge in [0.25, 0.3) is 0 Å². The zero-order valence-corrected chi connectivity index (χ0v) is 13.6. The molecule has 2 aliphatic heterocycles. The molecule has 6 atom stereocenters. The van der Waals surface area contributed by atoms with Crippen molar-refractivity contribution < 1.29 is 18.9 Å². The molecule has 0 N–H and O–H groups in total. The third-order valence-corrected chi connectivity index (χ3v) is 5.66. The van der Waals surface area contributed by atoms with E-state index in [2.05, 4.69) is 0 Å². The van der Waals surface area contributed by atoms with Gasteiger partial charge in [0, 0.05) is 26.1 Å². The van der Waals surface area contributed by atoms with Crippen LogP contribution in [0, 0.1) is 0 Å². The Morgan fingerprint density at radius 3 is 1.55 bits per heavy atom. The van der Waals surface area contributed by atoms with Crippen LogP contribution in [0.4, 0.5) is 0 Å². The summed E-state index contributed by atoms with van der Waals surface area (Å²) in [6.45, 7) is 1.85. The molecule has 126 valence electrons. The summed E-state index contributed by atoms with van der Waals surface area (Å²) in [5.41, 5.74) is 0. The van der Waals surface area contributed by atoms with Crippen LogP contribution < -0.4 is 0 Å². The Labute approximate surface area is 133 Å². The van der Waals surface area contributed by atoms with Gasteiger partial charge < -0.3 is 18.9 Å². The highest BCUT2D eigenvalue weighted by Crippen LogP contribution is 2.38. The van der Waals surface area contributed by atoms with Gasteiger partial charge in [-0.1, -0.05) is 12.8 Å². The Kier molecular flexibility index (Phi) is 5.01.